The standard InChI is InChI=1S/C21H25N5O/c1-21(2,3)14-18-13-19(26-25-18)24-20(27)23-17-6-4-15(5-7-17)12-16-8-10-22-11-9-16/h4-11,13H,12,14H2,1-3H3,(H3,23,24,25,26,27). The zero-order valence-electron chi connectivity index (χ0n) is 15.9. The highest BCUT2D eigenvalue weighted by molar-refractivity contribution is 5.99. The van der Waals surface area contributed by atoms with E-state index in [-0.39, 0.29) is 11.4 Å². The number of H-pyrrole nitrogens is 1. The number of carbonyl (C=O) groups excluding carboxylic acids is 1. The molecular formula is C21H25N5O. The number of anilines is 2. The normalized spacial score (nSPS) is 11.2. The largest absolute Gasteiger partial charge is 0.324 e. The molecule has 6 heteroatoms. The van der Waals surface area contributed by atoms with E-state index in [0.717, 1.165) is 24.2 Å². The molecule has 2 aromatic heterocycles. The fraction of sp³-hybridized carbons (Fsp3) is 0.286. The monoisotopic (exact) mass is 363 g/mol. The Morgan fingerprint density at radius 3 is 2.33 bits per heavy atom. The van der Waals surface area contributed by atoms with E-state index < -0.39 is 0 Å². The maximum Gasteiger partial charge on any atom is 0.324 e. The summed E-state index contributed by atoms with van der Waals surface area (Å²) >= 11 is 0. The van der Waals surface area contributed by atoms with Gasteiger partial charge in [-0.3, -0.25) is 15.4 Å². The molecule has 0 atom stereocenters. The number of carbonyl (C=O) groups is 1. The van der Waals surface area contributed by atoms with Crippen LogP contribution in [0.1, 0.15) is 37.6 Å². The SMILES string of the molecule is CC(C)(C)Cc1cc(NC(=O)Nc2ccc(Cc3ccncc3)cc2)n[nH]1. The third-order valence-corrected chi connectivity index (χ3v) is 3.96. The first kappa shape index (κ1) is 18.6. The van der Waals surface area contributed by atoms with Crippen molar-refractivity contribution in [1.82, 2.24) is 15.2 Å². The van der Waals surface area contributed by atoms with Gasteiger partial charge in [0, 0.05) is 29.8 Å². The van der Waals surface area contributed by atoms with Crippen LogP contribution in [0.4, 0.5) is 16.3 Å². The summed E-state index contributed by atoms with van der Waals surface area (Å²) in [7, 11) is 0. The van der Waals surface area contributed by atoms with E-state index in [4.69, 9.17) is 0 Å². The third kappa shape index (κ3) is 5.95. The van der Waals surface area contributed by atoms with E-state index in [1.54, 1.807) is 12.4 Å². The fourth-order valence-electron chi connectivity index (χ4n) is 2.81. The van der Waals surface area contributed by atoms with Crippen molar-refractivity contribution in [1.29, 1.82) is 0 Å². The summed E-state index contributed by atoms with van der Waals surface area (Å²) < 4.78 is 0. The molecule has 0 aliphatic heterocycles. The minimum Gasteiger partial charge on any atom is -0.308 e. The maximum atomic E-state index is 12.2. The van der Waals surface area contributed by atoms with Gasteiger partial charge in [0.15, 0.2) is 5.82 Å². The van der Waals surface area contributed by atoms with Crippen molar-refractivity contribution in [3.63, 3.8) is 0 Å². The average Bonchev–Trinajstić information content (AvgIpc) is 3.02. The number of benzene rings is 1. The molecule has 0 aliphatic rings. The highest BCUT2D eigenvalue weighted by atomic mass is 16.2. The number of urea groups is 1. The summed E-state index contributed by atoms with van der Waals surface area (Å²) in [5, 5.41) is 12.7. The van der Waals surface area contributed by atoms with Crippen molar-refractivity contribution in [2.24, 2.45) is 5.41 Å². The van der Waals surface area contributed by atoms with Gasteiger partial charge < -0.3 is 5.32 Å². The Labute approximate surface area is 159 Å². The number of nitrogens with one attached hydrogen (secondary N) is 3. The molecule has 1 aromatic carbocycles. The molecule has 140 valence electrons. The van der Waals surface area contributed by atoms with Gasteiger partial charge in [-0.1, -0.05) is 32.9 Å². The van der Waals surface area contributed by atoms with Gasteiger partial charge in [-0.2, -0.15) is 5.10 Å². The molecule has 0 bridgehead atoms. The third-order valence-electron chi connectivity index (χ3n) is 3.96. The van der Waals surface area contributed by atoms with Gasteiger partial charge in [-0.25, -0.2) is 4.79 Å². The molecule has 0 fully saturated rings. The predicted molar refractivity (Wildman–Crippen MR) is 108 cm³/mol. The van der Waals surface area contributed by atoms with Crippen molar-refractivity contribution >= 4 is 17.5 Å². The number of pyridine rings is 1. The predicted octanol–water partition coefficient (Wildman–Crippen LogP) is 4.63. The Morgan fingerprint density at radius 1 is 1.00 bits per heavy atom. The first-order chi connectivity index (χ1) is 12.9. The van der Waals surface area contributed by atoms with Crippen molar-refractivity contribution in [2.75, 3.05) is 10.6 Å². The molecule has 27 heavy (non-hydrogen) atoms. The second kappa shape index (κ2) is 8.03. The topological polar surface area (TPSA) is 82.7 Å². The van der Waals surface area contributed by atoms with E-state index in [0.29, 0.717) is 5.82 Å². The molecule has 6 nitrogen and oxygen atoms in total. The van der Waals surface area contributed by atoms with Gasteiger partial charge in [0.25, 0.3) is 0 Å². The van der Waals surface area contributed by atoms with Crippen LogP contribution in [0.15, 0.2) is 54.9 Å². The molecule has 0 saturated carbocycles. The number of nitrogens with zero attached hydrogens (tertiary/aromatic N) is 2. The first-order valence-electron chi connectivity index (χ1n) is 8.97. The van der Waals surface area contributed by atoms with Gasteiger partial charge in [-0.05, 0) is 53.6 Å². The Kier molecular flexibility index (Phi) is 5.54. The van der Waals surface area contributed by atoms with E-state index in [1.807, 2.05) is 42.5 Å². The van der Waals surface area contributed by atoms with Crippen LogP contribution in [0.25, 0.3) is 0 Å². The van der Waals surface area contributed by atoms with Crippen LogP contribution in [0, 0.1) is 5.41 Å². The summed E-state index contributed by atoms with van der Waals surface area (Å²) in [5.41, 5.74) is 4.26. The van der Waals surface area contributed by atoms with Crippen LogP contribution in [-0.4, -0.2) is 21.2 Å². The van der Waals surface area contributed by atoms with E-state index >= 15 is 0 Å². The summed E-state index contributed by atoms with van der Waals surface area (Å²) in [4.78, 5) is 16.2. The average molecular weight is 363 g/mol. The Balaban J connectivity index is 1.53. The molecule has 2 amide bonds. The van der Waals surface area contributed by atoms with Crippen LogP contribution >= 0.6 is 0 Å². The zero-order valence-corrected chi connectivity index (χ0v) is 15.9. The van der Waals surface area contributed by atoms with Crippen molar-refractivity contribution < 1.29 is 4.79 Å². The Morgan fingerprint density at radius 2 is 1.67 bits per heavy atom. The molecule has 2 heterocycles. The quantitative estimate of drug-likeness (QED) is 0.618. The molecule has 3 aromatic rings. The van der Waals surface area contributed by atoms with Gasteiger partial charge in [0.2, 0.25) is 0 Å². The van der Waals surface area contributed by atoms with Crippen molar-refractivity contribution in [3.05, 3.63) is 71.7 Å². The van der Waals surface area contributed by atoms with Gasteiger partial charge in [0.1, 0.15) is 0 Å². The summed E-state index contributed by atoms with van der Waals surface area (Å²) in [6.07, 6.45) is 5.27. The lowest BCUT2D eigenvalue weighted by Gasteiger charge is -2.15. The number of aromatic nitrogens is 3. The van der Waals surface area contributed by atoms with Crippen molar-refractivity contribution in [3.8, 4) is 0 Å². The van der Waals surface area contributed by atoms with Gasteiger partial charge in [0.05, 0.1) is 0 Å². The van der Waals surface area contributed by atoms with Crippen LogP contribution in [0.3, 0.4) is 0 Å². The van der Waals surface area contributed by atoms with Gasteiger partial charge >= 0.3 is 6.03 Å². The number of hydrogen-bond donors (Lipinski definition) is 3. The van der Waals surface area contributed by atoms with Crippen LogP contribution in [-0.2, 0) is 12.8 Å². The second-order valence-electron chi connectivity index (χ2n) is 7.82. The Hall–Kier alpha value is -3.15. The lowest BCUT2D eigenvalue weighted by atomic mass is 9.91. The Bertz CT molecular complexity index is 879. The lowest BCUT2D eigenvalue weighted by Crippen LogP contribution is -2.19. The number of rotatable bonds is 5. The summed E-state index contributed by atoms with van der Waals surface area (Å²) in [6.45, 7) is 6.48. The second-order valence-corrected chi connectivity index (χ2v) is 7.82. The van der Waals surface area contributed by atoms with Gasteiger partial charge in [-0.15, -0.1) is 0 Å². The van der Waals surface area contributed by atoms with E-state index in [2.05, 4.69) is 46.6 Å². The van der Waals surface area contributed by atoms with E-state index in [1.165, 1.54) is 11.1 Å². The maximum absolute atomic E-state index is 12.2. The van der Waals surface area contributed by atoms with E-state index in [9.17, 15) is 4.79 Å². The highest BCUT2D eigenvalue weighted by Gasteiger charge is 2.14. The number of aromatic amines is 1. The number of amides is 2. The smallest absolute Gasteiger partial charge is 0.308 e. The minimum absolute atomic E-state index is 0.157. The fourth-order valence-corrected chi connectivity index (χ4v) is 2.81. The van der Waals surface area contributed by atoms with Crippen LogP contribution < -0.4 is 10.6 Å². The number of hydrogen-bond acceptors (Lipinski definition) is 3. The minimum atomic E-state index is -0.314. The molecule has 0 saturated heterocycles. The summed E-state index contributed by atoms with van der Waals surface area (Å²) in [6, 6.07) is 13.3. The van der Waals surface area contributed by atoms with Crippen LogP contribution in [0.2, 0.25) is 0 Å². The van der Waals surface area contributed by atoms with Crippen LogP contribution in [0.5, 0.6) is 0 Å². The molecule has 3 rings (SSSR count). The summed E-state index contributed by atoms with van der Waals surface area (Å²) in [5.74, 6) is 0.515. The molecule has 0 radical (unpaired) electrons. The highest BCUT2D eigenvalue weighted by Crippen LogP contribution is 2.20. The molecule has 3 N–H and O–H groups in total. The molecule has 0 unspecified atom stereocenters. The first-order valence-corrected chi connectivity index (χ1v) is 8.97. The zero-order chi connectivity index (χ0) is 19.3. The molecular weight excluding hydrogens is 338 g/mol. The lowest BCUT2D eigenvalue weighted by molar-refractivity contribution is 0.262. The molecule has 0 spiro atoms. The molecule has 0 aliphatic carbocycles. The van der Waals surface area contributed by atoms with Crippen molar-refractivity contribution in [2.45, 2.75) is 33.6 Å².